The van der Waals surface area contributed by atoms with Crippen LogP contribution in [0.15, 0.2) is 89.3 Å². The van der Waals surface area contributed by atoms with E-state index in [1.165, 1.54) is 16.7 Å². The van der Waals surface area contributed by atoms with E-state index < -0.39 is 0 Å². The molecule has 0 atom stereocenters. The van der Waals surface area contributed by atoms with Gasteiger partial charge in [-0.2, -0.15) is 0 Å². The van der Waals surface area contributed by atoms with E-state index in [0.29, 0.717) is 13.1 Å². The molecule has 0 spiro atoms. The number of benzene rings is 3. The van der Waals surface area contributed by atoms with Crippen LogP contribution >= 0.6 is 27.7 Å². The lowest BCUT2D eigenvalue weighted by Crippen LogP contribution is -2.26. The van der Waals surface area contributed by atoms with Gasteiger partial charge in [0.05, 0.1) is 4.75 Å². The topological polar surface area (TPSA) is 52.0 Å². The first-order valence-corrected chi connectivity index (χ1v) is 10.9. The second-order valence-electron chi connectivity index (χ2n) is 6.72. The molecule has 0 aliphatic rings. The quantitative estimate of drug-likeness (QED) is 0.458. The summed E-state index contributed by atoms with van der Waals surface area (Å²) in [5, 5.41) is 1.94. The zero-order valence-corrected chi connectivity index (χ0v) is 18.2. The SMILES string of the molecule is C=CSC(Cc1ccc(Br)cc1)(c1ccc(CN)cc1)c1ccc(CN)cc1. The van der Waals surface area contributed by atoms with E-state index in [9.17, 15) is 0 Å². The Balaban J connectivity index is 2.14. The van der Waals surface area contributed by atoms with E-state index in [2.05, 4.69) is 95.3 Å². The third-order valence-electron chi connectivity index (χ3n) is 4.96. The molecule has 0 fully saturated rings. The summed E-state index contributed by atoms with van der Waals surface area (Å²) in [7, 11) is 0. The molecule has 0 aliphatic carbocycles. The van der Waals surface area contributed by atoms with Crippen molar-refractivity contribution >= 4 is 27.7 Å². The van der Waals surface area contributed by atoms with Gasteiger partial charge in [0.15, 0.2) is 0 Å². The summed E-state index contributed by atoms with van der Waals surface area (Å²) in [4.78, 5) is 0. The molecular weight excluding hydrogens is 428 g/mol. The van der Waals surface area contributed by atoms with Gasteiger partial charge in [-0.25, -0.2) is 0 Å². The summed E-state index contributed by atoms with van der Waals surface area (Å²) in [6, 6.07) is 25.7. The zero-order chi connectivity index (χ0) is 20.0. The van der Waals surface area contributed by atoms with Gasteiger partial charge in [-0.05, 0) is 51.8 Å². The normalized spacial score (nSPS) is 11.4. The molecule has 3 aromatic rings. The van der Waals surface area contributed by atoms with E-state index in [1.807, 2.05) is 5.41 Å². The molecule has 4 N–H and O–H groups in total. The van der Waals surface area contributed by atoms with E-state index in [0.717, 1.165) is 22.0 Å². The van der Waals surface area contributed by atoms with Crippen molar-refractivity contribution in [3.63, 3.8) is 0 Å². The van der Waals surface area contributed by atoms with E-state index in [-0.39, 0.29) is 4.75 Å². The maximum atomic E-state index is 5.81. The van der Waals surface area contributed by atoms with Crippen LogP contribution < -0.4 is 11.5 Å². The van der Waals surface area contributed by atoms with Crippen LogP contribution in [-0.2, 0) is 24.3 Å². The van der Waals surface area contributed by atoms with Crippen LogP contribution in [0.1, 0.15) is 27.8 Å². The molecule has 0 unspecified atom stereocenters. The minimum Gasteiger partial charge on any atom is -0.326 e. The van der Waals surface area contributed by atoms with Crippen LogP contribution in [-0.4, -0.2) is 0 Å². The van der Waals surface area contributed by atoms with Crippen molar-refractivity contribution in [2.24, 2.45) is 11.5 Å². The van der Waals surface area contributed by atoms with Crippen LogP contribution in [0.25, 0.3) is 0 Å². The van der Waals surface area contributed by atoms with Gasteiger partial charge < -0.3 is 11.5 Å². The van der Waals surface area contributed by atoms with Crippen molar-refractivity contribution in [2.45, 2.75) is 24.3 Å². The largest absolute Gasteiger partial charge is 0.326 e. The van der Waals surface area contributed by atoms with Crippen LogP contribution in [0.3, 0.4) is 0 Å². The fraction of sp³-hybridized carbons (Fsp3) is 0.167. The Labute approximate surface area is 180 Å². The second kappa shape index (κ2) is 9.57. The molecule has 0 radical (unpaired) electrons. The van der Waals surface area contributed by atoms with Gasteiger partial charge in [-0.3, -0.25) is 0 Å². The van der Waals surface area contributed by atoms with Crippen LogP contribution in [0, 0.1) is 0 Å². The molecule has 0 aromatic heterocycles. The molecule has 0 saturated heterocycles. The fourth-order valence-corrected chi connectivity index (χ4v) is 4.74. The molecule has 0 aliphatic heterocycles. The summed E-state index contributed by atoms with van der Waals surface area (Å²) in [5.41, 5.74) is 17.6. The van der Waals surface area contributed by atoms with Crippen LogP contribution in [0.2, 0.25) is 0 Å². The molecule has 0 amide bonds. The molecule has 2 nitrogen and oxygen atoms in total. The lowest BCUT2D eigenvalue weighted by molar-refractivity contribution is 0.736. The summed E-state index contributed by atoms with van der Waals surface area (Å²) in [6.07, 6.45) is 0.848. The summed E-state index contributed by atoms with van der Waals surface area (Å²) >= 11 is 5.28. The van der Waals surface area contributed by atoms with Crippen molar-refractivity contribution in [3.8, 4) is 0 Å². The highest BCUT2D eigenvalue weighted by molar-refractivity contribution is 9.10. The van der Waals surface area contributed by atoms with E-state index >= 15 is 0 Å². The van der Waals surface area contributed by atoms with Gasteiger partial charge in [0.25, 0.3) is 0 Å². The molecule has 3 rings (SSSR count). The molecule has 3 aromatic carbocycles. The first-order chi connectivity index (χ1) is 13.6. The standard InChI is InChI=1S/C24H25BrN2S/c1-2-28-24(15-18-7-13-23(25)14-8-18,21-9-3-19(16-26)4-10-21)22-11-5-20(17-27)6-12-22/h2-14H,1,15-17,26-27H2. The molecule has 0 saturated carbocycles. The molecule has 0 heterocycles. The Morgan fingerprint density at radius 3 is 1.57 bits per heavy atom. The lowest BCUT2D eigenvalue weighted by atomic mass is 9.84. The van der Waals surface area contributed by atoms with Gasteiger partial charge in [0.2, 0.25) is 0 Å². The highest BCUT2D eigenvalue weighted by Gasteiger charge is 2.34. The number of halogens is 1. The molecule has 0 bridgehead atoms. The van der Waals surface area contributed by atoms with Gasteiger partial charge >= 0.3 is 0 Å². The van der Waals surface area contributed by atoms with Crippen molar-refractivity contribution in [2.75, 3.05) is 0 Å². The van der Waals surface area contributed by atoms with Crippen LogP contribution in [0.4, 0.5) is 0 Å². The molecular formula is C24H25BrN2S. The average molecular weight is 453 g/mol. The number of nitrogens with two attached hydrogens (primary N) is 2. The Morgan fingerprint density at radius 1 is 0.750 bits per heavy atom. The maximum Gasteiger partial charge on any atom is 0.0738 e. The van der Waals surface area contributed by atoms with Gasteiger partial charge in [-0.1, -0.05) is 83.2 Å². The molecule has 28 heavy (non-hydrogen) atoms. The fourth-order valence-electron chi connectivity index (χ4n) is 3.40. The molecule has 144 valence electrons. The maximum absolute atomic E-state index is 5.81. The molecule has 4 heteroatoms. The van der Waals surface area contributed by atoms with Crippen molar-refractivity contribution in [1.29, 1.82) is 0 Å². The highest BCUT2D eigenvalue weighted by Crippen LogP contribution is 2.46. The van der Waals surface area contributed by atoms with Crippen LogP contribution in [0.5, 0.6) is 0 Å². The second-order valence-corrected chi connectivity index (χ2v) is 8.90. The Hall–Kier alpha value is -1.85. The predicted molar refractivity (Wildman–Crippen MR) is 125 cm³/mol. The van der Waals surface area contributed by atoms with Gasteiger partial charge in [-0.15, -0.1) is 11.8 Å². The summed E-state index contributed by atoms with van der Waals surface area (Å²) in [6.45, 7) is 5.12. The summed E-state index contributed by atoms with van der Waals surface area (Å²) in [5.74, 6) is 0. The minimum absolute atomic E-state index is 0.282. The monoisotopic (exact) mass is 452 g/mol. The van der Waals surface area contributed by atoms with E-state index in [1.54, 1.807) is 11.8 Å². The zero-order valence-electron chi connectivity index (χ0n) is 15.8. The Morgan fingerprint density at radius 2 is 1.18 bits per heavy atom. The van der Waals surface area contributed by atoms with Crippen molar-refractivity contribution in [1.82, 2.24) is 0 Å². The number of hydrogen-bond acceptors (Lipinski definition) is 3. The first kappa shape index (κ1) is 20.9. The first-order valence-electron chi connectivity index (χ1n) is 9.23. The Kier molecular flexibility index (Phi) is 7.13. The third kappa shape index (κ3) is 4.58. The number of rotatable bonds is 8. The average Bonchev–Trinajstić information content (AvgIpc) is 2.75. The predicted octanol–water partition coefficient (Wildman–Crippen LogP) is 5.73. The third-order valence-corrected chi connectivity index (χ3v) is 6.68. The van der Waals surface area contributed by atoms with Gasteiger partial charge in [0.1, 0.15) is 0 Å². The smallest absolute Gasteiger partial charge is 0.0738 e. The Bertz CT molecular complexity index is 855. The lowest BCUT2D eigenvalue weighted by Gasteiger charge is -2.34. The van der Waals surface area contributed by atoms with Gasteiger partial charge in [0, 0.05) is 17.6 Å². The van der Waals surface area contributed by atoms with Crippen molar-refractivity contribution in [3.05, 3.63) is 117 Å². The number of hydrogen-bond donors (Lipinski definition) is 2. The number of thioether (sulfide) groups is 1. The van der Waals surface area contributed by atoms with Crippen molar-refractivity contribution < 1.29 is 0 Å². The highest BCUT2D eigenvalue weighted by atomic mass is 79.9. The van der Waals surface area contributed by atoms with E-state index in [4.69, 9.17) is 11.5 Å². The summed E-state index contributed by atoms with van der Waals surface area (Å²) < 4.78 is 0.799. The minimum atomic E-state index is -0.282.